The lowest BCUT2D eigenvalue weighted by molar-refractivity contribution is 0.387. The number of benzene rings is 1. The van der Waals surface area contributed by atoms with Gasteiger partial charge in [-0.05, 0) is 31.5 Å². The summed E-state index contributed by atoms with van der Waals surface area (Å²) < 4.78 is 18.3. The predicted molar refractivity (Wildman–Crippen MR) is 72.5 cm³/mol. The van der Waals surface area contributed by atoms with Gasteiger partial charge in [-0.15, -0.1) is 0 Å². The Kier molecular flexibility index (Phi) is 3.64. The van der Waals surface area contributed by atoms with Gasteiger partial charge in [-0.1, -0.05) is 6.92 Å². The monoisotopic (exact) mass is 261 g/mol. The molecule has 100 valence electrons. The molecule has 5 heteroatoms. The van der Waals surface area contributed by atoms with Crippen molar-refractivity contribution in [3.8, 4) is 17.1 Å². The molecule has 0 radical (unpaired) electrons. The molecule has 19 heavy (non-hydrogen) atoms. The summed E-state index contributed by atoms with van der Waals surface area (Å²) in [6, 6.07) is 4.51. The number of hydrogen-bond donors (Lipinski definition) is 1. The predicted octanol–water partition coefficient (Wildman–Crippen LogP) is 2.74. The zero-order valence-electron chi connectivity index (χ0n) is 11.2. The van der Waals surface area contributed by atoms with Gasteiger partial charge >= 0.3 is 0 Å². The van der Waals surface area contributed by atoms with Crippen LogP contribution in [0.3, 0.4) is 0 Å². The summed E-state index contributed by atoms with van der Waals surface area (Å²) in [6.45, 7) is 3.90. The van der Waals surface area contributed by atoms with Gasteiger partial charge in [-0.25, -0.2) is 14.4 Å². The molecule has 0 atom stereocenters. The molecule has 0 saturated carbocycles. The van der Waals surface area contributed by atoms with Crippen molar-refractivity contribution in [1.29, 1.82) is 0 Å². The topological polar surface area (TPSA) is 61.0 Å². The summed E-state index contributed by atoms with van der Waals surface area (Å²) in [5, 5.41) is 0. The molecule has 0 saturated heterocycles. The third-order valence-electron chi connectivity index (χ3n) is 3.03. The highest BCUT2D eigenvalue weighted by molar-refractivity contribution is 5.60. The van der Waals surface area contributed by atoms with Crippen LogP contribution in [0.2, 0.25) is 0 Å². The number of methoxy groups -OCH3 is 1. The highest BCUT2D eigenvalue weighted by atomic mass is 19.1. The highest BCUT2D eigenvalue weighted by Crippen LogP contribution is 2.26. The van der Waals surface area contributed by atoms with Gasteiger partial charge in [0.2, 0.25) is 0 Å². The van der Waals surface area contributed by atoms with Gasteiger partial charge in [0.15, 0.2) is 17.4 Å². The fourth-order valence-electron chi connectivity index (χ4n) is 1.85. The van der Waals surface area contributed by atoms with Crippen LogP contribution in [0.25, 0.3) is 11.4 Å². The number of rotatable bonds is 3. The molecule has 2 aromatic rings. The van der Waals surface area contributed by atoms with Gasteiger partial charge in [0.1, 0.15) is 5.82 Å². The second-order valence-electron chi connectivity index (χ2n) is 4.21. The summed E-state index contributed by atoms with van der Waals surface area (Å²) in [4.78, 5) is 8.70. The normalized spacial score (nSPS) is 10.5. The Morgan fingerprint density at radius 3 is 2.68 bits per heavy atom. The SMILES string of the molecule is CCc1nc(-c2ccc(F)c(OC)c2)nc(N)c1C. The molecular formula is C14H16FN3O. The molecule has 0 unspecified atom stereocenters. The van der Waals surface area contributed by atoms with Gasteiger partial charge in [-0.2, -0.15) is 0 Å². The molecule has 0 aliphatic carbocycles. The van der Waals surface area contributed by atoms with E-state index in [0.29, 0.717) is 17.2 Å². The van der Waals surface area contributed by atoms with Crippen LogP contribution in [0.4, 0.5) is 10.2 Å². The third-order valence-corrected chi connectivity index (χ3v) is 3.03. The lowest BCUT2D eigenvalue weighted by Gasteiger charge is -2.09. The largest absolute Gasteiger partial charge is 0.494 e. The van der Waals surface area contributed by atoms with Crippen molar-refractivity contribution in [2.24, 2.45) is 0 Å². The first kappa shape index (κ1) is 13.3. The summed E-state index contributed by atoms with van der Waals surface area (Å²) >= 11 is 0. The molecule has 4 nitrogen and oxygen atoms in total. The smallest absolute Gasteiger partial charge is 0.165 e. The number of nitrogens with two attached hydrogens (primary N) is 1. The Balaban J connectivity index is 2.55. The van der Waals surface area contributed by atoms with E-state index in [0.717, 1.165) is 17.7 Å². The zero-order chi connectivity index (χ0) is 14.0. The summed E-state index contributed by atoms with van der Waals surface area (Å²) in [7, 11) is 1.42. The van der Waals surface area contributed by atoms with Crippen molar-refractivity contribution in [2.45, 2.75) is 20.3 Å². The number of ether oxygens (including phenoxy) is 1. The number of nitrogens with zero attached hydrogens (tertiary/aromatic N) is 2. The minimum atomic E-state index is -0.415. The average molecular weight is 261 g/mol. The van der Waals surface area contributed by atoms with Gasteiger partial charge in [-0.3, -0.25) is 0 Å². The number of hydrogen-bond acceptors (Lipinski definition) is 4. The molecule has 0 amide bonds. The van der Waals surface area contributed by atoms with Crippen molar-refractivity contribution in [2.75, 3.05) is 12.8 Å². The van der Waals surface area contributed by atoms with Crippen molar-refractivity contribution < 1.29 is 9.13 Å². The van der Waals surface area contributed by atoms with E-state index in [2.05, 4.69) is 9.97 Å². The maximum atomic E-state index is 13.4. The zero-order valence-corrected chi connectivity index (χ0v) is 11.2. The van der Waals surface area contributed by atoms with E-state index in [1.54, 1.807) is 12.1 Å². The highest BCUT2D eigenvalue weighted by Gasteiger charge is 2.11. The average Bonchev–Trinajstić information content (AvgIpc) is 2.42. The van der Waals surface area contributed by atoms with Gasteiger partial charge in [0.25, 0.3) is 0 Å². The van der Waals surface area contributed by atoms with Crippen LogP contribution >= 0.6 is 0 Å². The van der Waals surface area contributed by atoms with E-state index < -0.39 is 5.82 Å². The fraction of sp³-hybridized carbons (Fsp3) is 0.286. The number of aromatic nitrogens is 2. The molecule has 2 N–H and O–H groups in total. The molecule has 0 bridgehead atoms. The first-order valence-corrected chi connectivity index (χ1v) is 6.03. The summed E-state index contributed by atoms with van der Waals surface area (Å²) in [5.74, 6) is 0.684. The molecule has 2 rings (SSSR count). The summed E-state index contributed by atoms with van der Waals surface area (Å²) in [5.41, 5.74) is 8.34. The maximum Gasteiger partial charge on any atom is 0.165 e. The minimum absolute atomic E-state index is 0.165. The van der Waals surface area contributed by atoms with Crippen molar-refractivity contribution in [3.63, 3.8) is 0 Å². The molecule has 1 aromatic heterocycles. The van der Waals surface area contributed by atoms with Crippen LogP contribution in [0, 0.1) is 12.7 Å². The lowest BCUT2D eigenvalue weighted by Crippen LogP contribution is -2.04. The van der Waals surface area contributed by atoms with Crippen LogP contribution in [0.5, 0.6) is 5.75 Å². The molecule has 1 heterocycles. The van der Waals surface area contributed by atoms with Crippen LogP contribution in [-0.2, 0) is 6.42 Å². The molecule has 1 aromatic carbocycles. The first-order valence-electron chi connectivity index (χ1n) is 6.03. The minimum Gasteiger partial charge on any atom is -0.494 e. The van der Waals surface area contributed by atoms with E-state index in [4.69, 9.17) is 10.5 Å². The standard InChI is InChI=1S/C14H16FN3O/c1-4-11-8(2)13(16)18-14(17-11)9-5-6-10(15)12(7-9)19-3/h5-7H,4H2,1-3H3,(H2,16,17,18). The van der Waals surface area contributed by atoms with E-state index in [1.807, 2.05) is 13.8 Å². The van der Waals surface area contributed by atoms with Crippen LogP contribution < -0.4 is 10.5 Å². The number of aryl methyl sites for hydroxylation is 1. The van der Waals surface area contributed by atoms with Crippen LogP contribution in [0.1, 0.15) is 18.2 Å². The quantitative estimate of drug-likeness (QED) is 0.922. The Hall–Kier alpha value is -2.17. The van der Waals surface area contributed by atoms with Gasteiger partial charge in [0, 0.05) is 16.8 Å². The molecule has 0 fully saturated rings. The number of halogens is 1. The van der Waals surface area contributed by atoms with Gasteiger partial charge in [0.05, 0.1) is 7.11 Å². The van der Waals surface area contributed by atoms with E-state index in [1.165, 1.54) is 13.2 Å². The van der Waals surface area contributed by atoms with Crippen molar-refractivity contribution in [1.82, 2.24) is 9.97 Å². The van der Waals surface area contributed by atoms with Crippen molar-refractivity contribution in [3.05, 3.63) is 35.3 Å². The first-order chi connectivity index (χ1) is 9.06. The Bertz CT molecular complexity index is 614. The number of anilines is 1. The molecule has 0 aliphatic rings. The molecule has 0 aliphatic heterocycles. The van der Waals surface area contributed by atoms with Crippen LogP contribution in [0.15, 0.2) is 18.2 Å². The lowest BCUT2D eigenvalue weighted by atomic mass is 10.1. The number of nitrogen functional groups attached to an aromatic ring is 1. The van der Waals surface area contributed by atoms with Gasteiger partial charge < -0.3 is 10.5 Å². The Labute approximate surface area is 111 Å². The van der Waals surface area contributed by atoms with E-state index in [-0.39, 0.29) is 5.75 Å². The molecular weight excluding hydrogens is 245 g/mol. The Morgan fingerprint density at radius 1 is 1.32 bits per heavy atom. The van der Waals surface area contributed by atoms with E-state index >= 15 is 0 Å². The van der Waals surface area contributed by atoms with Crippen molar-refractivity contribution >= 4 is 5.82 Å². The van der Waals surface area contributed by atoms with Crippen LogP contribution in [-0.4, -0.2) is 17.1 Å². The third kappa shape index (κ3) is 2.50. The second-order valence-corrected chi connectivity index (χ2v) is 4.21. The maximum absolute atomic E-state index is 13.4. The molecule has 0 spiro atoms. The second kappa shape index (κ2) is 5.22. The Morgan fingerprint density at radius 2 is 2.05 bits per heavy atom. The fourth-order valence-corrected chi connectivity index (χ4v) is 1.85. The summed E-state index contributed by atoms with van der Waals surface area (Å²) in [6.07, 6.45) is 0.768. The van der Waals surface area contributed by atoms with E-state index in [9.17, 15) is 4.39 Å².